The summed E-state index contributed by atoms with van der Waals surface area (Å²) in [5, 5.41) is 13.2. The smallest absolute Gasteiger partial charge is 0.251 e. The lowest BCUT2D eigenvalue weighted by atomic mass is 10.0. The van der Waals surface area contributed by atoms with E-state index in [1.165, 1.54) is 13.3 Å². The number of aromatic nitrogens is 4. The summed E-state index contributed by atoms with van der Waals surface area (Å²) in [4.78, 5) is 30.1. The highest BCUT2D eigenvalue weighted by Crippen LogP contribution is 2.33. The Labute approximate surface area is 216 Å². The van der Waals surface area contributed by atoms with E-state index in [0.717, 1.165) is 71.1 Å². The van der Waals surface area contributed by atoms with Crippen LogP contribution in [-0.4, -0.2) is 55.0 Å². The second kappa shape index (κ2) is 9.95. The van der Waals surface area contributed by atoms with Crippen LogP contribution in [0, 0.1) is 0 Å². The Hall–Kier alpha value is -3.75. The van der Waals surface area contributed by atoms with Crippen LogP contribution in [0.4, 0.5) is 0 Å². The summed E-state index contributed by atoms with van der Waals surface area (Å²) in [6.07, 6.45) is 6.82. The molecule has 1 amide bonds. The van der Waals surface area contributed by atoms with Gasteiger partial charge in [0.25, 0.3) is 5.91 Å². The van der Waals surface area contributed by atoms with Crippen LogP contribution < -0.4 is 5.32 Å². The van der Waals surface area contributed by atoms with E-state index in [1.54, 1.807) is 4.90 Å². The van der Waals surface area contributed by atoms with E-state index in [1.807, 2.05) is 12.4 Å². The molecule has 190 valence electrons. The maximum Gasteiger partial charge on any atom is 0.251 e. The Kier molecular flexibility index (Phi) is 6.36. The summed E-state index contributed by atoms with van der Waals surface area (Å²) in [5.41, 5.74) is 6.40. The number of hydrogen-bond donors (Lipinski definition) is 4. The topological polar surface area (TPSA) is 110 Å². The lowest BCUT2D eigenvalue weighted by Crippen LogP contribution is -2.37. The number of H-pyrrole nitrogens is 2. The number of aliphatic hydroxyl groups is 1. The molecule has 6 rings (SSSR count). The molecule has 0 aliphatic carbocycles. The van der Waals surface area contributed by atoms with Crippen molar-refractivity contribution < 1.29 is 9.90 Å². The van der Waals surface area contributed by atoms with Gasteiger partial charge in [-0.1, -0.05) is 48.5 Å². The maximum atomic E-state index is 12.4. The zero-order chi connectivity index (χ0) is 25.4. The van der Waals surface area contributed by atoms with Crippen LogP contribution in [0.25, 0.3) is 33.6 Å². The molecule has 2 saturated heterocycles. The molecule has 2 aliphatic heterocycles. The first kappa shape index (κ1) is 23.6. The Morgan fingerprint density at radius 3 is 2.00 bits per heavy atom. The van der Waals surface area contributed by atoms with Crippen LogP contribution >= 0.6 is 0 Å². The van der Waals surface area contributed by atoms with E-state index in [0.29, 0.717) is 12.6 Å². The largest absolute Gasteiger partial charge is 0.384 e. The van der Waals surface area contributed by atoms with Crippen LogP contribution in [0.1, 0.15) is 56.3 Å². The number of nitrogens with zero attached hydrogens (tertiary/aromatic N) is 3. The molecule has 0 radical (unpaired) electrons. The molecule has 8 heteroatoms. The first-order valence-electron chi connectivity index (χ1n) is 13.1. The van der Waals surface area contributed by atoms with Gasteiger partial charge in [0.05, 0.1) is 35.9 Å². The molecule has 4 N–H and O–H groups in total. The van der Waals surface area contributed by atoms with E-state index < -0.39 is 6.10 Å². The van der Waals surface area contributed by atoms with Crippen molar-refractivity contribution in [3.63, 3.8) is 0 Å². The predicted octanol–water partition coefficient (Wildman–Crippen LogP) is 4.60. The van der Waals surface area contributed by atoms with E-state index in [4.69, 9.17) is 0 Å². The van der Waals surface area contributed by atoms with Crippen LogP contribution in [0.2, 0.25) is 0 Å². The van der Waals surface area contributed by atoms with Gasteiger partial charge in [-0.3, -0.25) is 4.79 Å². The average molecular weight is 497 g/mol. The number of nitrogens with one attached hydrogen (secondary N) is 3. The van der Waals surface area contributed by atoms with Gasteiger partial charge in [0.1, 0.15) is 17.8 Å². The fourth-order valence-electron chi connectivity index (χ4n) is 5.47. The lowest BCUT2D eigenvalue weighted by molar-refractivity contribution is -0.140. The Morgan fingerprint density at radius 2 is 1.43 bits per heavy atom. The van der Waals surface area contributed by atoms with Crippen LogP contribution in [-0.2, 0) is 4.79 Å². The molecular weight excluding hydrogens is 464 g/mol. The average Bonchev–Trinajstić information content (AvgIpc) is 3.75. The van der Waals surface area contributed by atoms with Crippen molar-refractivity contribution in [2.24, 2.45) is 0 Å². The summed E-state index contributed by atoms with van der Waals surface area (Å²) in [6, 6.07) is 17.2. The zero-order valence-electron chi connectivity index (χ0n) is 20.9. The second-order valence-electron chi connectivity index (χ2n) is 10.0. The van der Waals surface area contributed by atoms with Gasteiger partial charge in [-0.2, -0.15) is 0 Å². The minimum atomic E-state index is -0.997. The van der Waals surface area contributed by atoms with Crippen LogP contribution in [0.5, 0.6) is 0 Å². The molecule has 8 nitrogen and oxygen atoms in total. The fraction of sp³-hybridized carbons (Fsp3) is 0.345. The van der Waals surface area contributed by atoms with Crippen molar-refractivity contribution in [2.75, 3.05) is 13.1 Å². The summed E-state index contributed by atoms with van der Waals surface area (Å²) in [6.45, 7) is 3.22. The first-order chi connectivity index (χ1) is 18.1. The van der Waals surface area contributed by atoms with E-state index in [9.17, 15) is 9.90 Å². The molecule has 4 aromatic rings. The Balaban J connectivity index is 1.15. The Morgan fingerprint density at radius 1 is 0.865 bits per heavy atom. The standard InChI is InChI=1S/C29H32N6O2/c1-18(36)29(37)35-15-3-5-26(35)28-32-17-25(34-28)22-12-8-20(9-13-22)19-6-10-21(11-7-19)24-16-31-27(33-24)23-4-2-14-30-23/h6-13,16-18,23,26,30,36H,2-5,14-15H2,1H3,(H,31,33)(H,32,34)/t18-,23-,26?/m0/s1. The molecular formula is C29H32N6O2. The molecule has 2 aromatic heterocycles. The van der Waals surface area contributed by atoms with Gasteiger partial charge in [0.2, 0.25) is 0 Å². The zero-order valence-corrected chi connectivity index (χ0v) is 20.9. The lowest BCUT2D eigenvalue weighted by Gasteiger charge is -2.24. The number of likely N-dealkylation sites (tertiary alicyclic amines) is 1. The SMILES string of the molecule is C[C@H](O)C(=O)N1CCCC1c1ncc(-c2ccc(-c3ccc(-c4cnc([C@@H]5CCCN5)[nH]4)cc3)cc2)[nH]1. The van der Waals surface area contributed by atoms with Crippen molar-refractivity contribution >= 4 is 5.91 Å². The molecule has 2 fully saturated rings. The molecule has 0 spiro atoms. The second-order valence-corrected chi connectivity index (χ2v) is 10.0. The number of carbonyl (C=O) groups excluding carboxylic acids is 1. The maximum absolute atomic E-state index is 12.4. The summed E-state index contributed by atoms with van der Waals surface area (Å²) in [5.74, 6) is 1.55. The molecule has 0 saturated carbocycles. The number of rotatable bonds is 6. The minimum absolute atomic E-state index is 0.117. The third-order valence-electron chi connectivity index (χ3n) is 7.52. The van der Waals surface area contributed by atoms with Crippen molar-refractivity contribution in [1.82, 2.24) is 30.2 Å². The summed E-state index contributed by atoms with van der Waals surface area (Å²) >= 11 is 0. The molecule has 2 aliphatic rings. The molecule has 2 aromatic carbocycles. The quantitative estimate of drug-likeness (QED) is 0.312. The van der Waals surface area contributed by atoms with E-state index in [-0.39, 0.29) is 11.9 Å². The monoisotopic (exact) mass is 496 g/mol. The molecule has 0 bridgehead atoms. The van der Waals surface area contributed by atoms with Crippen LogP contribution in [0.3, 0.4) is 0 Å². The predicted molar refractivity (Wildman–Crippen MR) is 142 cm³/mol. The van der Waals surface area contributed by atoms with Crippen molar-refractivity contribution in [3.8, 4) is 33.6 Å². The van der Waals surface area contributed by atoms with Gasteiger partial charge < -0.3 is 25.3 Å². The molecule has 37 heavy (non-hydrogen) atoms. The number of benzene rings is 2. The third kappa shape index (κ3) is 4.70. The number of aliphatic hydroxyl groups excluding tert-OH is 1. The molecule has 4 heterocycles. The van der Waals surface area contributed by atoms with Gasteiger partial charge in [0, 0.05) is 6.54 Å². The van der Waals surface area contributed by atoms with Gasteiger partial charge in [-0.05, 0) is 61.4 Å². The molecule has 1 unspecified atom stereocenters. The number of hydrogen-bond acceptors (Lipinski definition) is 5. The summed E-state index contributed by atoms with van der Waals surface area (Å²) < 4.78 is 0. The molecule has 3 atom stereocenters. The van der Waals surface area contributed by atoms with Crippen molar-refractivity contribution in [1.29, 1.82) is 0 Å². The summed E-state index contributed by atoms with van der Waals surface area (Å²) in [7, 11) is 0. The third-order valence-corrected chi connectivity index (χ3v) is 7.52. The minimum Gasteiger partial charge on any atom is -0.384 e. The first-order valence-corrected chi connectivity index (χ1v) is 13.1. The highest BCUT2D eigenvalue weighted by molar-refractivity contribution is 5.81. The van der Waals surface area contributed by atoms with Crippen molar-refractivity contribution in [2.45, 2.75) is 50.8 Å². The highest BCUT2D eigenvalue weighted by Gasteiger charge is 2.33. The van der Waals surface area contributed by atoms with Gasteiger partial charge in [-0.25, -0.2) is 9.97 Å². The number of carbonyl (C=O) groups is 1. The van der Waals surface area contributed by atoms with E-state index in [2.05, 4.69) is 73.8 Å². The normalized spacial score (nSPS) is 20.4. The number of amides is 1. The van der Waals surface area contributed by atoms with Crippen molar-refractivity contribution in [3.05, 3.63) is 72.6 Å². The van der Waals surface area contributed by atoms with Gasteiger partial charge >= 0.3 is 0 Å². The Bertz CT molecular complexity index is 1370. The van der Waals surface area contributed by atoms with Gasteiger partial charge in [0.15, 0.2) is 0 Å². The number of aromatic amines is 2. The van der Waals surface area contributed by atoms with Gasteiger partial charge in [-0.15, -0.1) is 0 Å². The van der Waals surface area contributed by atoms with E-state index >= 15 is 0 Å². The highest BCUT2D eigenvalue weighted by atomic mass is 16.3. The fourth-order valence-corrected chi connectivity index (χ4v) is 5.47. The van der Waals surface area contributed by atoms with Crippen LogP contribution in [0.15, 0.2) is 60.9 Å². The number of imidazole rings is 2.